The molecule has 2 aliphatic carbocycles. The van der Waals surface area contributed by atoms with E-state index < -0.39 is 66.6 Å². The molecule has 0 radical (unpaired) electrons. The molecule has 0 spiro atoms. The zero-order valence-corrected chi connectivity index (χ0v) is 34.1. The summed E-state index contributed by atoms with van der Waals surface area (Å²) in [5.41, 5.74) is -0.218. The highest BCUT2D eigenvalue weighted by Gasteiger charge is 2.62. The SMILES string of the molecule is C=C[C@@H]1C[C@]1(NC(=O)[C@@H]1C[C@@H](Oc2cc(-c3ccccc3)nc3cc(OC)ccc23)CN1C(=O)[C@@H](NC(=O)OC1CCCC1)C(C)(C)C)C(=O)NP(=O)(OC)OC. The van der Waals surface area contributed by atoms with E-state index in [0.717, 1.165) is 45.5 Å². The van der Waals surface area contributed by atoms with Crippen LogP contribution < -0.4 is 25.2 Å². The van der Waals surface area contributed by atoms with Crippen molar-refractivity contribution in [3.05, 3.63) is 67.3 Å². The Morgan fingerprint density at radius 3 is 2.32 bits per heavy atom. The third-order valence-electron chi connectivity index (χ3n) is 10.9. The van der Waals surface area contributed by atoms with Crippen LogP contribution in [0, 0.1) is 11.3 Å². The third kappa shape index (κ3) is 9.11. The summed E-state index contributed by atoms with van der Waals surface area (Å²) in [6, 6.07) is 14.6. The van der Waals surface area contributed by atoms with Gasteiger partial charge in [0.25, 0.3) is 5.91 Å². The zero-order chi connectivity index (χ0) is 41.1. The number of benzene rings is 2. The Morgan fingerprint density at radius 1 is 1.00 bits per heavy atom. The molecule has 6 rings (SSSR count). The molecule has 5 atom stereocenters. The lowest BCUT2D eigenvalue weighted by atomic mass is 9.85. The maximum absolute atomic E-state index is 14.7. The van der Waals surface area contributed by atoms with Crippen molar-refractivity contribution in [1.82, 2.24) is 25.6 Å². The Hall–Kier alpha value is -4.98. The van der Waals surface area contributed by atoms with Crippen molar-refractivity contribution in [3.63, 3.8) is 0 Å². The van der Waals surface area contributed by atoms with Crippen molar-refractivity contribution in [1.29, 1.82) is 0 Å². The van der Waals surface area contributed by atoms with E-state index in [9.17, 15) is 23.7 Å². The Morgan fingerprint density at radius 2 is 1.70 bits per heavy atom. The maximum Gasteiger partial charge on any atom is 0.434 e. The van der Waals surface area contributed by atoms with E-state index in [1.54, 1.807) is 13.2 Å². The van der Waals surface area contributed by atoms with Gasteiger partial charge in [0.15, 0.2) is 0 Å². The summed E-state index contributed by atoms with van der Waals surface area (Å²) in [7, 11) is -0.188. The molecule has 4 amide bonds. The number of aromatic nitrogens is 1. The Kier molecular flexibility index (Phi) is 12.3. The lowest BCUT2D eigenvalue weighted by Gasteiger charge is -2.35. The van der Waals surface area contributed by atoms with Gasteiger partial charge in [-0.05, 0) is 49.7 Å². The molecule has 306 valence electrons. The molecule has 2 aromatic carbocycles. The standard InChI is InChI=1S/C41H52N5O10P/c1-8-26-23-41(26,38(49)45-57(51,53-6)54-7)44-36(47)33-21-29(24-46(33)37(48)35(40(2,3)4)43-39(50)56-27-16-12-13-17-27)55-34-22-31(25-14-10-9-11-15-25)42-32-20-28(52-5)18-19-30(32)34/h8-11,14-15,18-20,22,26-27,29,33,35H,1,12-13,16-17,21,23-24H2,2-7H3,(H,43,50)(H,44,47)(H,45,49,51)/t26-,29-,33+,35-,41-/m1/s1. The molecule has 3 aromatic rings. The molecule has 3 aliphatic rings. The van der Waals surface area contributed by atoms with E-state index in [2.05, 4.69) is 22.3 Å². The summed E-state index contributed by atoms with van der Waals surface area (Å²) in [4.78, 5) is 62.3. The molecule has 3 fully saturated rings. The number of rotatable bonds is 14. The number of nitrogens with one attached hydrogen (secondary N) is 3. The van der Waals surface area contributed by atoms with Crippen molar-refractivity contribution < 1.29 is 47.0 Å². The van der Waals surface area contributed by atoms with Crippen molar-refractivity contribution in [3.8, 4) is 22.8 Å². The summed E-state index contributed by atoms with van der Waals surface area (Å²) >= 11 is 0. The van der Waals surface area contributed by atoms with Crippen LogP contribution in [0.2, 0.25) is 0 Å². The molecule has 1 aliphatic heterocycles. The highest BCUT2D eigenvalue weighted by atomic mass is 31.2. The van der Waals surface area contributed by atoms with Crippen LogP contribution >= 0.6 is 7.75 Å². The topological polar surface area (TPSA) is 184 Å². The van der Waals surface area contributed by atoms with Crippen molar-refractivity contribution in [2.24, 2.45) is 11.3 Å². The number of carbonyl (C=O) groups excluding carboxylic acids is 4. The van der Waals surface area contributed by atoms with E-state index in [-0.39, 0.29) is 25.5 Å². The molecule has 57 heavy (non-hydrogen) atoms. The van der Waals surface area contributed by atoms with E-state index in [1.165, 1.54) is 11.0 Å². The van der Waals surface area contributed by atoms with Gasteiger partial charge in [-0.15, -0.1) is 6.58 Å². The van der Waals surface area contributed by atoms with Gasteiger partial charge < -0.3 is 29.7 Å². The number of fused-ring (bicyclic) bond motifs is 1. The summed E-state index contributed by atoms with van der Waals surface area (Å²) in [5, 5.41) is 8.63. The monoisotopic (exact) mass is 805 g/mol. The Balaban J connectivity index is 1.34. The highest BCUT2D eigenvalue weighted by Crippen LogP contribution is 2.49. The lowest BCUT2D eigenvalue weighted by Crippen LogP contribution is -2.60. The molecule has 0 unspecified atom stereocenters. The van der Waals surface area contributed by atoms with Crippen LogP contribution in [-0.2, 0) is 32.7 Å². The number of likely N-dealkylation sites (tertiary alicyclic amines) is 1. The number of methoxy groups -OCH3 is 1. The van der Waals surface area contributed by atoms with Crippen LogP contribution in [0.15, 0.2) is 67.3 Å². The lowest BCUT2D eigenvalue weighted by molar-refractivity contribution is -0.143. The minimum atomic E-state index is -4.02. The van der Waals surface area contributed by atoms with Gasteiger partial charge in [-0.2, -0.15) is 0 Å². The first kappa shape index (κ1) is 41.6. The van der Waals surface area contributed by atoms with Crippen LogP contribution in [0.25, 0.3) is 22.2 Å². The Bertz CT molecular complexity index is 2040. The van der Waals surface area contributed by atoms with Crippen LogP contribution in [0.5, 0.6) is 11.5 Å². The molecular formula is C41H52N5O10P. The van der Waals surface area contributed by atoms with Crippen LogP contribution in [0.3, 0.4) is 0 Å². The summed E-state index contributed by atoms with van der Waals surface area (Å²) in [6.07, 6.45) is 3.49. The second-order valence-corrected chi connectivity index (χ2v) is 17.8. The fourth-order valence-corrected chi connectivity index (χ4v) is 8.34. The van der Waals surface area contributed by atoms with E-state index >= 15 is 0 Å². The first-order valence-corrected chi connectivity index (χ1v) is 20.6. The summed E-state index contributed by atoms with van der Waals surface area (Å²) in [5.74, 6) is -1.38. The number of hydrogen-bond donors (Lipinski definition) is 3. The van der Waals surface area contributed by atoms with Crippen LogP contribution in [-0.4, -0.2) is 91.4 Å². The van der Waals surface area contributed by atoms with E-state index in [1.807, 2.05) is 69.3 Å². The third-order valence-corrected chi connectivity index (χ3v) is 12.4. The average molecular weight is 806 g/mol. The van der Waals surface area contributed by atoms with E-state index in [4.69, 9.17) is 28.2 Å². The molecule has 15 nitrogen and oxygen atoms in total. The fourth-order valence-electron chi connectivity index (χ4n) is 7.56. The predicted octanol–water partition coefficient (Wildman–Crippen LogP) is 5.92. The smallest absolute Gasteiger partial charge is 0.434 e. The minimum absolute atomic E-state index is 0.0316. The van der Waals surface area contributed by atoms with Gasteiger partial charge >= 0.3 is 13.8 Å². The quantitative estimate of drug-likeness (QED) is 0.130. The minimum Gasteiger partial charge on any atom is -0.497 e. The maximum atomic E-state index is 14.7. The molecule has 3 N–H and O–H groups in total. The molecular weight excluding hydrogens is 753 g/mol. The molecule has 0 bridgehead atoms. The average Bonchev–Trinajstić information content (AvgIpc) is 3.45. The first-order chi connectivity index (χ1) is 27.1. The number of ether oxygens (including phenoxy) is 3. The van der Waals surface area contributed by atoms with Crippen molar-refractivity contribution in [2.45, 2.75) is 89.1 Å². The van der Waals surface area contributed by atoms with Crippen molar-refractivity contribution >= 4 is 42.5 Å². The predicted molar refractivity (Wildman–Crippen MR) is 212 cm³/mol. The largest absolute Gasteiger partial charge is 0.497 e. The van der Waals surface area contributed by atoms with Crippen LogP contribution in [0.1, 0.15) is 59.3 Å². The first-order valence-electron chi connectivity index (χ1n) is 19.1. The van der Waals surface area contributed by atoms with E-state index in [0.29, 0.717) is 28.1 Å². The summed E-state index contributed by atoms with van der Waals surface area (Å²) in [6.45, 7) is 9.22. The Labute approximate surface area is 332 Å². The molecule has 1 saturated heterocycles. The second kappa shape index (κ2) is 16.9. The van der Waals surface area contributed by atoms with Gasteiger partial charge in [0.05, 0.1) is 24.9 Å². The molecule has 2 saturated carbocycles. The fraction of sp³-hybridized carbons (Fsp3) is 0.488. The zero-order valence-electron chi connectivity index (χ0n) is 33.2. The second-order valence-electron chi connectivity index (χ2n) is 15.8. The number of amides is 4. The van der Waals surface area contributed by atoms with Gasteiger partial charge in [0.2, 0.25) is 11.8 Å². The highest BCUT2D eigenvalue weighted by molar-refractivity contribution is 7.52. The van der Waals surface area contributed by atoms with Gasteiger partial charge in [0.1, 0.15) is 41.3 Å². The van der Waals surface area contributed by atoms with Gasteiger partial charge in [-0.1, -0.05) is 57.2 Å². The number of alkyl carbamates (subject to hydrolysis) is 1. The molecule has 2 heterocycles. The number of nitrogens with zero attached hydrogens (tertiary/aromatic N) is 2. The number of carbonyl (C=O) groups is 4. The molecule has 16 heteroatoms. The normalized spacial score (nSPS) is 22.7. The molecule has 1 aromatic heterocycles. The van der Waals surface area contributed by atoms with Gasteiger partial charge in [-0.25, -0.2) is 14.3 Å². The van der Waals surface area contributed by atoms with Crippen LogP contribution in [0.4, 0.5) is 4.79 Å². The van der Waals surface area contributed by atoms with Crippen molar-refractivity contribution in [2.75, 3.05) is 27.9 Å². The number of hydrogen-bond acceptors (Lipinski definition) is 11. The number of pyridine rings is 1. The van der Waals surface area contributed by atoms with Gasteiger partial charge in [0, 0.05) is 49.6 Å². The van der Waals surface area contributed by atoms with Gasteiger partial charge in [-0.3, -0.25) is 28.5 Å². The summed E-state index contributed by atoms with van der Waals surface area (Å²) < 4.78 is 40.6.